The van der Waals surface area contributed by atoms with Gasteiger partial charge in [0, 0.05) is 51.1 Å². The number of hydrogen-bond donors (Lipinski definition) is 0. The highest BCUT2D eigenvalue weighted by molar-refractivity contribution is 7.90. The van der Waals surface area contributed by atoms with E-state index < -0.39 is 19.9 Å². The number of piperazine rings is 1. The highest BCUT2D eigenvalue weighted by Gasteiger charge is 2.29. The summed E-state index contributed by atoms with van der Waals surface area (Å²) in [5, 5.41) is 0.794. The Hall–Kier alpha value is -3.32. The summed E-state index contributed by atoms with van der Waals surface area (Å²) < 4.78 is 52.6. The van der Waals surface area contributed by atoms with E-state index in [9.17, 15) is 21.6 Å². The van der Waals surface area contributed by atoms with Gasteiger partial charge in [0.15, 0.2) is 15.0 Å². The largest absolute Gasteiger partial charge is 0.345 e. The van der Waals surface area contributed by atoms with Gasteiger partial charge in [-0.25, -0.2) is 21.8 Å². The summed E-state index contributed by atoms with van der Waals surface area (Å²) in [6.07, 6.45) is 1.86. The zero-order chi connectivity index (χ0) is 28.1. The number of carbonyl (C=O) groups is 1. The van der Waals surface area contributed by atoms with Crippen molar-refractivity contribution in [2.75, 3.05) is 43.9 Å². The maximum absolute atomic E-state index is 13.3. The zero-order valence-electron chi connectivity index (χ0n) is 21.9. The van der Waals surface area contributed by atoms with Gasteiger partial charge in [-0.2, -0.15) is 4.31 Å². The number of nitrogens with zero attached hydrogens (tertiary/aromatic N) is 4. The highest BCUT2D eigenvalue weighted by Crippen LogP contribution is 2.31. The number of sulfone groups is 1. The molecule has 1 amide bonds. The summed E-state index contributed by atoms with van der Waals surface area (Å²) in [6, 6.07) is 19.1. The lowest BCUT2D eigenvalue weighted by atomic mass is 10.0. The standard InChI is InChI=1S/C28H28N4O5S3/c1-39(34,35)24-10-11-25-26(18-24)38-28(29-25)31-16-14-30(15-17-31)27(33)21-6-8-23(9-7-21)40(36,37)32-13-12-20-4-2-3-5-22(20)19-32/h2-11,18H,12-17,19H2,1H3. The van der Waals surface area contributed by atoms with Gasteiger partial charge in [-0.3, -0.25) is 4.79 Å². The molecule has 1 aromatic heterocycles. The van der Waals surface area contributed by atoms with Gasteiger partial charge < -0.3 is 9.80 Å². The molecule has 0 bridgehead atoms. The molecule has 0 radical (unpaired) electrons. The Morgan fingerprint density at radius 3 is 2.20 bits per heavy atom. The monoisotopic (exact) mass is 596 g/mol. The summed E-state index contributed by atoms with van der Waals surface area (Å²) in [5.74, 6) is -0.141. The molecule has 2 aliphatic rings. The molecule has 2 aliphatic heterocycles. The molecule has 0 spiro atoms. The van der Waals surface area contributed by atoms with E-state index in [4.69, 9.17) is 0 Å². The fraction of sp³-hybridized carbons (Fsp3) is 0.286. The Bertz CT molecular complexity index is 1810. The minimum atomic E-state index is -3.67. The summed E-state index contributed by atoms with van der Waals surface area (Å²) in [4.78, 5) is 22.2. The second-order valence-corrected chi connectivity index (χ2v) is 15.0. The first-order chi connectivity index (χ1) is 19.1. The number of hydrogen-bond acceptors (Lipinski definition) is 8. The Labute approximate surface area is 237 Å². The first-order valence-corrected chi connectivity index (χ1v) is 17.1. The van der Waals surface area contributed by atoms with Crippen molar-refractivity contribution in [2.24, 2.45) is 0 Å². The third-order valence-electron chi connectivity index (χ3n) is 7.45. The first kappa shape index (κ1) is 26.9. The van der Waals surface area contributed by atoms with Crippen molar-refractivity contribution in [2.45, 2.75) is 22.8 Å². The normalized spacial score (nSPS) is 16.7. The van der Waals surface area contributed by atoms with E-state index in [0.29, 0.717) is 51.3 Å². The van der Waals surface area contributed by atoms with Crippen molar-refractivity contribution >= 4 is 52.5 Å². The molecular weight excluding hydrogens is 569 g/mol. The van der Waals surface area contributed by atoms with Crippen molar-refractivity contribution in [1.82, 2.24) is 14.2 Å². The fourth-order valence-electron chi connectivity index (χ4n) is 5.14. The molecule has 208 valence electrons. The Morgan fingerprint density at radius 2 is 1.50 bits per heavy atom. The van der Waals surface area contributed by atoms with Gasteiger partial charge >= 0.3 is 0 Å². The second-order valence-electron chi connectivity index (χ2n) is 10.1. The fourth-order valence-corrected chi connectivity index (χ4v) is 8.33. The average Bonchev–Trinajstić information content (AvgIpc) is 3.40. The van der Waals surface area contributed by atoms with Crippen LogP contribution in [0.15, 0.2) is 76.5 Å². The molecule has 40 heavy (non-hydrogen) atoms. The zero-order valence-corrected chi connectivity index (χ0v) is 24.3. The van der Waals surface area contributed by atoms with E-state index in [-0.39, 0.29) is 15.7 Å². The lowest BCUT2D eigenvalue weighted by molar-refractivity contribution is 0.0746. The van der Waals surface area contributed by atoms with Gasteiger partial charge in [0.2, 0.25) is 10.0 Å². The predicted octanol–water partition coefficient (Wildman–Crippen LogP) is 3.41. The van der Waals surface area contributed by atoms with Crippen LogP contribution >= 0.6 is 11.3 Å². The molecule has 0 unspecified atom stereocenters. The SMILES string of the molecule is CS(=O)(=O)c1ccc2nc(N3CCN(C(=O)c4ccc(S(=O)(=O)N5CCc6ccccc6C5)cc4)CC3)sc2c1. The molecule has 1 fully saturated rings. The van der Waals surface area contributed by atoms with Crippen LogP contribution in [0.1, 0.15) is 21.5 Å². The molecule has 0 aliphatic carbocycles. The van der Waals surface area contributed by atoms with E-state index in [0.717, 1.165) is 20.9 Å². The van der Waals surface area contributed by atoms with Crippen LogP contribution in [-0.4, -0.2) is 75.9 Å². The van der Waals surface area contributed by atoms with Crippen LogP contribution in [0, 0.1) is 0 Å². The number of aromatic nitrogens is 1. The van der Waals surface area contributed by atoms with Crippen LogP contribution in [-0.2, 0) is 32.8 Å². The summed E-state index contributed by atoms with van der Waals surface area (Å²) >= 11 is 1.44. The van der Waals surface area contributed by atoms with Gasteiger partial charge in [-0.1, -0.05) is 35.6 Å². The molecule has 6 rings (SSSR count). The van der Waals surface area contributed by atoms with Gasteiger partial charge in [-0.15, -0.1) is 0 Å². The van der Waals surface area contributed by atoms with E-state index in [1.165, 1.54) is 39.6 Å². The maximum atomic E-state index is 13.3. The molecule has 1 saturated heterocycles. The van der Waals surface area contributed by atoms with Crippen molar-refractivity contribution in [3.05, 3.63) is 83.4 Å². The summed E-state index contributed by atoms with van der Waals surface area (Å²) in [5.41, 5.74) is 3.39. The van der Waals surface area contributed by atoms with Crippen LogP contribution in [0.4, 0.5) is 5.13 Å². The minimum absolute atomic E-state index is 0.141. The molecule has 12 heteroatoms. The quantitative estimate of drug-likeness (QED) is 0.348. The van der Waals surface area contributed by atoms with Crippen molar-refractivity contribution in [3.63, 3.8) is 0 Å². The number of benzene rings is 3. The number of amides is 1. The number of sulfonamides is 1. The third kappa shape index (κ3) is 5.12. The molecule has 4 aromatic rings. The summed E-state index contributed by atoms with van der Waals surface area (Å²) in [6.45, 7) is 2.95. The molecule has 0 atom stereocenters. The van der Waals surface area contributed by atoms with E-state index in [2.05, 4.69) is 9.88 Å². The van der Waals surface area contributed by atoms with Crippen molar-refractivity contribution in [1.29, 1.82) is 0 Å². The van der Waals surface area contributed by atoms with E-state index in [1.54, 1.807) is 35.2 Å². The van der Waals surface area contributed by atoms with Gasteiger partial charge in [0.1, 0.15) is 0 Å². The number of fused-ring (bicyclic) bond motifs is 2. The van der Waals surface area contributed by atoms with Crippen LogP contribution < -0.4 is 4.90 Å². The minimum Gasteiger partial charge on any atom is -0.345 e. The smallest absolute Gasteiger partial charge is 0.253 e. The van der Waals surface area contributed by atoms with Crippen LogP contribution in [0.25, 0.3) is 10.2 Å². The maximum Gasteiger partial charge on any atom is 0.253 e. The van der Waals surface area contributed by atoms with Gasteiger partial charge in [-0.05, 0) is 60.0 Å². The molecule has 0 N–H and O–H groups in total. The Morgan fingerprint density at radius 1 is 0.825 bits per heavy atom. The van der Waals surface area contributed by atoms with Gasteiger partial charge in [0.05, 0.1) is 20.0 Å². The predicted molar refractivity (Wildman–Crippen MR) is 155 cm³/mol. The molecule has 3 heterocycles. The number of carbonyl (C=O) groups excluding carboxylic acids is 1. The third-order valence-corrected chi connectivity index (χ3v) is 11.5. The highest BCUT2D eigenvalue weighted by atomic mass is 32.2. The van der Waals surface area contributed by atoms with Crippen LogP contribution in [0.5, 0.6) is 0 Å². The Kier molecular flexibility index (Phi) is 6.89. The number of thiazole rings is 1. The topological polar surface area (TPSA) is 108 Å². The second kappa shape index (κ2) is 10.3. The summed E-state index contributed by atoms with van der Waals surface area (Å²) in [7, 11) is -6.96. The van der Waals surface area contributed by atoms with E-state index >= 15 is 0 Å². The van der Waals surface area contributed by atoms with Crippen molar-refractivity contribution < 1.29 is 21.6 Å². The lowest BCUT2D eigenvalue weighted by Gasteiger charge is -2.34. The van der Waals surface area contributed by atoms with Crippen molar-refractivity contribution in [3.8, 4) is 0 Å². The molecule has 9 nitrogen and oxygen atoms in total. The van der Waals surface area contributed by atoms with Crippen LogP contribution in [0.3, 0.4) is 0 Å². The lowest BCUT2D eigenvalue weighted by Crippen LogP contribution is -2.48. The van der Waals surface area contributed by atoms with Crippen LogP contribution in [0.2, 0.25) is 0 Å². The average molecular weight is 597 g/mol. The molecular formula is C28H28N4O5S3. The number of rotatable bonds is 5. The molecule has 0 saturated carbocycles. The Balaban J connectivity index is 1.10. The molecule has 3 aromatic carbocycles. The number of anilines is 1. The van der Waals surface area contributed by atoms with Gasteiger partial charge in [0.25, 0.3) is 5.91 Å². The van der Waals surface area contributed by atoms with E-state index in [1.807, 2.05) is 24.3 Å². The first-order valence-electron chi connectivity index (χ1n) is 12.9.